The molecule has 4 heteroatoms. The summed E-state index contributed by atoms with van der Waals surface area (Å²) in [5, 5.41) is 1.33. The van der Waals surface area contributed by atoms with Gasteiger partial charge >= 0.3 is 0 Å². The van der Waals surface area contributed by atoms with Crippen molar-refractivity contribution in [3.05, 3.63) is 16.0 Å². The number of hydrogen-bond donors (Lipinski definition) is 1. The molecule has 1 fully saturated rings. The lowest BCUT2D eigenvalue weighted by molar-refractivity contribution is 0.102. The maximum Gasteiger partial charge on any atom is 0.170 e. The quantitative estimate of drug-likeness (QED) is 0.816. The molecule has 1 aliphatic carbocycles. The van der Waals surface area contributed by atoms with Crippen LogP contribution in [-0.4, -0.2) is 24.9 Å². The second kappa shape index (κ2) is 4.10. The zero-order valence-electron chi connectivity index (χ0n) is 10.2. The number of hydrogen-bond acceptors (Lipinski definition) is 4. The molecule has 1 aliphatic heterocycles. The Kier molecular flexibility index (Phi) is 2.71. The van der Waals surface area contributed by atoms with Gasteiger partial charge in [0.25, 0.3) is 0 Å². The van der Waals surface area contributed by atoms with Gasteiger partial charge in [-0.2, -0.15) is 0 Å². The fraction of sp³-hybridized carbons (Fsp3) is 0.615. The summed E-state index contributed by atoms with van der Waals surface area (Å²) in [4.78, 5) is 15.0. The highest BCUT2D eigenvalue weighted by atomic mass is 32.1. The molecule has 0 spiro atoms. The van der Waals surface area contributed by atoms with Gasteiger partial charge in [-0.05, 0) is 43.7 Å². The monoisotopic (exact) mass is 250 g/mol. The Bertz CT molecular complexity index is 466. The van der Waals surface area contributed by atoms with Gasteiger partial charge in [-0.1, -0.05) is 0 Å². The molecule has 1 saturated heterocycles. The van der Waals surface area contributed by atoms with Gasteiger partial charge in [0.1, 0.15) is 0 Å². The van der Waals surface area contributed by atoms with Gasteiger partial charge in [-0.25, -0.2) is 0 Å². The highest BCUT2D eigenvalue weighted by molar-refractivity contribution is 7.18. The summed E-state index contributed by atoms with van der Waals surface area (Å²) < 4.78 is 0. The zero-order valence-corrected chi connectivity index (χ0v) is 11.0. The highest BCUT2D eigenvalue weighted by Gasteiger charge is 2.29. The van der Waals surface area contributed by atoms with Crippen molar-refractivity contribution in [3.8, 4) is 0 Å². The van der Waals surface area contributed by atoms with Crippen molar-refractivity contribution < 1.29 is 4.79 Å². The lowest BCUT2D eigenvalue weighted by Gasteiger charge is -2.17. The fourth-order valence-electron chi connectivity index (χ4n) is 2.96. The maximum atomic E-state index is 11.7. The first kappa shape index (κ1) is 11.2. The normalized spacial score (nSPS) is 23.2. The van der Waals surface area contributed by atoms with Gasteiger partial charge in [0.2, 0.25) is 0 Å². The molecule has 0 bridgehead atoms. The summed E-state index contributed by atoms with van der Waals surface area (Å²) in [7, 11) is 0. The van der Waals surface area contributed by atoms with Crippen molar-refractivity contribution in [3.63, 3.8) is 0 Å². The Labute approximate surface area is 106 Å². The van der Waals surface area contributed by atoms with E-state index in [-0.39, 0.29) is 5.78 Å². The van der Waals surface area contributed by atoms with Gasteiger partial charge < -0.3 is 10.6 Å². The molecule has 0 amide bonds. The van der Waals surface area contributed by atoms with Crippen LogP contribution in [0.15, 0.2) is 0 Å². The summed E-state index contributed by atoms with van der Waals surface area (Å²) in [5.74, 6) is 0.225. The van der Waals surface area contributed by atoms with Crippen LogP contribution in [0.5, 0.6) is 0 Å². The van der Waals surface area contributed by atoms with Crippen molar-refractivity contribution in [2.24, 2.45) is 5.73 Å². The van der Waals surface area contributed by atoms with Crippen molar-refractivity contribution >= 4 is 22.1 Å². The standard InChI is InChI=1S/C13H18N2OS/c1-8(16)12-10-3-2-4-11(10)13(17-12)15-6-5-9(14)7-15/h9H,2-7,14H2,1H3. The van der Waals surface area contributed by atoms with Crippen LogP contribution in [0.25, 0.3) is 0 Å². The van der Waals surface area contributed by atoms with E-state index < -0.39 is 0 Å². The Morgan fingerprint density at radius 3 is 2.82 bits per heavy atom. The molecule has 0 radical (unpaired) electrons. The van der Waals surface area contributed by atoms with Crippen molar-refractivity contribution in [2.75, 3.05) is 18.0 Å². The molecule has 3 nitrogen and oxygen atoms in total. The average Bonchev–Trinajstić information content (AvgIpc) is 2.90. The van der Waals surface area contributed by atoms with Crippen molar-refractivity contribution in [1.82, 2.24) is 0 Å². The Balaban J connectivity index is 2.00. The van der Waals surface area contributed by atoms with Gasteiger partial charge in [-0.3, -0.25) is 4.79 Å². The molecule has 1 aromatic rings. The molecule has 3 rings (SSSR count). The van der Waals surface area contributed by atoms with Crippen LogP contribution in [0, 0.1) is 0 Å². The first-order valence-electron chi connectivity index (χ1n) is 6.33. The second-order valence-electron chi connectivity index (χ2n) is 5.10. The molecular weight excluding hydrogens is 232 g/mol. The largest absolute Gasteiger partial charge is 0.362 e. The predicted octanol–water partition coefficient (Wildman–Crippen LogP) is 1.98. The highest BCUT2D eigenvalue weighted by Crippen LogP contribution is 2.42. The van der Waals surface area contributed by atoms with Gasteiger partial charge in [0.15, 0.2) is 5.78 Å². The molecular formula is C13H18N2OS. The van der Waals surface area contributed by atoms with Crippen LogP contribution in [0.2, 0.25) is 0 Å². The van der Waals surface area contributed by atoms with E-state index in [4.69, 9.17) is 5.73 Å². The molecule has 1 unspecified atom stereocenters. The fourth-order valence-corrected chi connectivity index (χ4v) is 4.29. The molecule has 1 aromatic heterocycles. The summed E-state index contributed by atoms with van der Waals surface area (Å²) in [6.45, 7) is 3.68. The summed E-state index contributed by atoms with van der Waals surface area (Å²) in [6, 6.07) is 0.301. The number of thiophene rings is 1. The number of nitrogens with zero attached hydrogens (tertiary/aromatic N) is 1. The van der Waals surface area contributed by atoms with E-state index in [1.807, 2.05) is 0 Å². The van der Waals surface area contributed by atoms with Crippen LogP contribution in [-0.2, 0) is 12.8 Å². The molecule has 0 aromatic carbocycles. The lowest BCUT2D eigenvalue weighted by Crippen LogP contribution is -2.26. The van der Waals surface area contributed by atoms with Crippen molar-refractivity contribution in [2.45, 2.75) is 38.6 Å². The average molecular weight is 250 g/mol. The molecule has 92 valence electrons. The first-order valence-corrected chi connectivity index (χ1v) is 7.14. The Hall–Kier alpha value is -0.870. The van der Waals surface area contributed by atoms with Crippen molar-refractivity contribution in [1.29, 1.82) is 0 Å². The maximum absolute atomic E-state index is 11.7. The minimum atomic E-state index is 0.225. The third kappa shape index (κ3) is 1.79. The molecule has 2 heterocycles. The third-order valence-corrected chi connectivity index (χ3v) is 5.22. The molecule has 17 heavy (non-hydrogen) atoms. The molecule has 0 saturated carbocycles. The number of nitrogens with two attached hydrogens (primary N) is 1. The van der Waals surface area contributed by atoms with Gasteiger partial charge in [0.05, 0.1) is 9.88 Å². The number of Topliss-reactive ketones (excluding diaryl/α,β-unsaturated/α-hetero) is 1. The predicted molar refractivity (Wildman–Crippen MR) is 71.2 cm³/mol. The lowest BCUT2D eigenvalue weighted by atomic mass is 10.1. The van der Waals surface area contributed by atoms with E-state index in [0.717, 1.165) is 37.2 Å². The van der Waals surface area contributed by atoms with E-state index in [9.17, 15) is 4.79 Å². The Morgan fingerprint density at radius 2 is 2.18 bits per heavy atom. The summed E-state index contributed by atoms with van der Waals surface area (Å²) in [6.07, 6.45) is 4.49. The Morgan fingerprint density at radius 1 is 1.41 bits per heavy atom. The number of ketones is 1. The number of anilines is 1. The number of carbonyl (C=O) groups is 1. The van der Waals surface area contributed by atoms with Crippen LogP contribution in [0.3, 0.4) is 0 Å². The minimum absolute atomic E-state index is 0.225. The molecule has 2 N–H and O–H groups in total. The zero-order chi connectivity index (χ0) is 12.0. The van der Waals surface area contributed by atoms with Crippen LogP contribution in [0.1, 0.15) is 40.6 Å². The number of rotatable bonds is 2. The third-order valence-electron chi connectivity index (χ3n) is 3.78. The van der Waals surface area contributed by atoms with E-state index in [2.05, 4.69) is 4.90 Å². The van der Waals surface area contributed by atoms with Gasteiger partial charge in [0, 0.05) is 19.1 Å². The van der Waals surface area contributed by atoms with E-state index in [0.29, 0.717) is 6.04 Å². The van der Waals surface area contributed by atoms with E-state index >= 15 is 0 Å². The van der Waals surface area contributed by atoms with E-state index in [1.54, 1.807) is 18.3 Å². The molecule has 2 aliphatic rings. The SMILES string of the molecule is CC(=O)c1sc(N2CCC(N)C2)c2c1CCC2. The summed E-state index contributed by atoms with van der Waals surface area (Å²) >= 11 is 1.69. The smallest absolute Gasteiger partial charge is 0.170 e. The first-order chi connectivity index (χ1) is 8.16. The number of carbonyl (C=O) groups excluding carboxylic acids is 1. The van der Waals surface area contributed by atoms with Crippen LogP contribution in [0.4, 0.5) is 5.00 Å². The van der Waals surface area contributed by atoms with E-state index in [1.165, 1.54) is 22.5 Å². The second-order valence-corrected chi connectivity index (χ2v) is 6.10. The number of fused-ring (bicyclic) bond motifs is 1. The van der Waals surface area contributed by atoms with Crippen LogP contribution < -0.4 is 10.6 Å². The topological polar surface area (TPSA) is 46.3 Å². The molecule has 1 atom stereocenters. The van der Waals surface area contributed by atoms with Gasteiger partial charge in [-0.15, -0.1) is 11.3 Å². The minimum Gasteiger partial charge on any atom is -0.362 e. The summed E-state index contributed by atoms with van der Waals surface area (Å²) in [5.41, 5.74) is 8.74. The van der Waals surface area contributed by atoms with Crippen LogP contribution >= 0.6 is 11.3 Å².